The Kier molecular flexibility index (Phi) is 3.23. The lowest BCUT2D eigenvalue weighted by molar-refractivity contribution is -0.385. The van der Waals surface area contributed by atoms with Crippen LogP contribution in [-0.4, -0.2) is 30.8 Å². The number of nitro groups is 1. The molecule has 8 heteroatoms. The molecule has 2 aromatic heterocycles. The maximum absolute atomic E-state index is 10.9. The Balaban J connectivity index is 2.37. The summed E-state index contributed by atoms with van der Waals surface area (Å²) in [5.41, 5.74) is 0.481. The van der Waals surface area contributed by atoms with Crippen LogP contribution in [-0.2, 0) is 6.54 Å². The van der Waals surface area contributed by atoms with Gasteiger partial charge in [-0.25, -0.2) is 4.79 Å². The fourth-order valence-corrected chi connectivity index (χ4v) is 1.62. The lowest BCUT2D eigenvalue weighted by Gasteiger charge is -2.03. The molecule has 0 saturated heterocycles. The third kappa shape index (κ3) is 2.57. The lowest BCUT2D eigenvalue weighted by Crippen LogP contribution is -2.06. The van der Waals surface area contributed by atoms with E-state index in [0.29, 0.717) is 5.69 Å². The van der Waals surface area contributed by atoms with Gasteiger partial charge >= 0.3 is 11.7 Å². The van der Waals surface area contributed by atoms with Crippen molar-refractivity contribution in [1.29, 1.82) is 0 Å². The molecule has 0 aliphatic rings. The predicted molar refractivity (Wildman–Crippen MR) is 63.9 cm³/mol. The SMILES string of the molecule is Cc1cccnc1Cn1cc([N+](=O)[O-])c(C(=O)O)n1. The Bertz CT molecular complexity index is 618. The zero-order chi connectivity index (χ0) is 14.0. The van der Waals surface area contributed by atoms with Gasteiger partial charge in [-0.15, -0.1) is 0 Å². The zero-order valence-electron chi connectivity index (χ0n) is 9.98. The van der Waals surface area contributed by atoms with E-state index in [1.54, 1.807) is 12.3 Å². The minimum atomic E-state index is -1.43. The molecule has 98 valence electrons. The number of carbonyl (C=O) groups is 1. The first kappa shape index (κ1) is 12.7. The number of aromatic carboxylic acids is 1. The minimum Gasteiger partial charge on any atom is -0.476 e. The van der Waals surface area contributed by atoms with Gasteiger partial charge in [-0.2, -0.15) is 5.10 Å². The van der Waals surface area contributed by atoms with Gasteiger partial charge in [-0.1, -0.05) is 6.07 Å². The Morgan fingerprint density at radius 1 is 1.58 bits per heavy atom. The summed E-state index contributed by atoms with van der Waals surface area (Å²) in [6, 6.07) is 3.62. The van der Waals surface area contributed by atoms with Gasteiger partial charge in [0, 0.05) is 6.20 Å². The molecule has 0 radical (unpaired) electrons. The summed E-state index contributed by atoms with van der Waals surface area (Å²) in [6.07, 6.45) is 2.69. The highest BCUT2D eigenvalue weighted by atomic mass is 16.6. The molecule has 0 saturated carbocycles. The van der Waals surface area contributed by atoms with Gasteiger partial charge in [-0.3, -0.25) is 19.8 Å². The molecule has 19 heavy (non-hydrogen) atoms. The minimum absolute atomic E-state index is 0.181. The summed E-state index contributed by atoms with van der Waals surface area (Å²) in [7, 11) is 0. The van der Waals surface area contributed by atoms with Crippen LogP contribution in [0.2, 0.25) is 0 Å². The van der Waals surface area contributed by atoms with E-state index in [1.807, 2.05) is 13.0 Å². The molecule has 0 bridgehead atoms. The van der Waals surface area contributed by atoms with Gasteiger partial charge in [0.1, 0.15) is 6.20 Å². The van der Waals surface area contributed by atoms with Crippen molar-refractivity contribution >= 4 is 11.7 Å². The van der Waals surface area contributed by atoms with E-state index in [1.165, 1.54) is 4.68 Å². The highest BCUT2D eigenvalue weighted by molar-refractivity contribution is 5.89. The number of aromatic nitrogens is 3. The second-order valence-electron chi connectivity index (χ2n) is 3.89. The average Bonchev–Trinajstić information content (AvgIpc) is 2.76. The highest BCUT2D eigenvalue weighted by Crippen LogP contribution is 2.17. The number of nitrogens with zero attached hydrogens (tertiary/aromatic N) is 4. The summed E-state index contributed by atoms with van der Waals surface area (Å²) in [5.74, 6) is -1.43. The number of hydrogen-bond acceptors (Lipinski definition) is 5. The zero-order valence-corrected chi connectivity index (χ0v) is 9.98. The first-order valence-electron chi connectivity index (χ1n) is 5.34. The molecule has 8 nitrogen and oxygen atoms in total. The number of aryl methyl sites for hydroxylation is 1. The van der Waals surface area contributed by atoms with Crippen LogP contribution in [0.3, 0.4) is 0 Å². The van der Waals surface area contributed by atoms with Crippen LogP contribution < -0.4 is 0 Å². The molecule has 1 N–H and O–H groups in total. The number of carboxylic acids is 1. The van der Waals surface area contributed by atoms with Crippen molar-refractivity contribution in [1.82, 2.24) is 14.8 Å². The lowest BCUT2D eigenvalue weighted by atomic mass is 10.2. The Morgan fingerprint density at radius 3 is 2.84 bits per heavy atom. The van der Waals surface area contributed by atoms with E-state index >= 15 is 0 Å². The van der Waals surface area contributed by atoms with E-state index in [9.17, 15) is 14.9 Å². The second-order valence-corrected chi connectivity index (χ2v) is 3.89. The van der Waals surface area contributed by atoms with Crippen LogP contribution in [0.25, 0.3) is 0 Å². The summed E-state index contributed by atoms with van der Waals surface area (Å²) in [5, 5.41) is 23.3. The van der Waals surface area contributed by atoms with Crippen molar-refractivity contribution in [3.05, 3.63) is 51.6 Å². The van der Waals surface area contributed by atoms with Crippen LogP contribution in [0.4, 0.5) is 5.69 Å². The van der Waals surface area contributed by atoms with E-state index in [-0.39, 0.29) is 6.54 Å². The number of pyridine rings is 1. The molecule has 0 amide bonds. The molecule has 0 aromatic carbocycles. The van der Waals surface area contributed by atoms with E-state index in [0.717, 1.165) is 11.8 Å². The normalized spacial score (nSPS) is 10.4. The summed E-state index contributed by atoms with van der Waals surface area (Å²) in [4.78, 5) is 25.0. The molecule has 2 heterocycles. The maximum Gasteiger partial charge on any atom is 0.363 e. The quantitative estimate of drug-likeness (QED) is 0.655. The third-order valence-electron chi connectivity index (χ3n) is 2.57. The van der Waals surface area contributed by atoms with Gasteiger partial charge in [-0.05, 0) is 18.6 Å². The van der Waals surface area contributed by atoms with Gasteiger partial charge in [0.05, 0.1) is 17.2 Å². The molecule has 0 unspecified atom stereocenters. The predicted octanol–water partition coefficient (Wildman–Crippen LogP) is 1.24. The molecule has 2 aromatic rings. The van der Waals surface area contributed by atoms with Gasteiger partial charge in [0.25, 0.3) is 0 Å². The number of carboxylic acid groups (broad SMARTS) is 1. The van der Waals surface area contributed by atoms with Crippen LogP contribution in [0.15, 0.2) is 24.5 Å². The van der Waals surface area contributed by atoms with Crippen LogP contribution in [0, 0.1) is 17.0 Å². The molecule has 0 aliphatic carbocycles. The van der Waals surface area contributed by atoms with Crippen molar-refractivity contribution < 1.29 is 14.8 Å². The maximum atomic E-state index is 10.9. The Labute approximate surface area is 107 Å². The average molecular weight is 262 g/mol. The van der Waals surface area contributed by atoms with Crippen molar-refractivity contribution in [3.8, 4) is 0 Å². The smallest absolute Gasteiger partial charge is 0.363 e. The monoisotopic (exact) mass is 262 g/mol. The van der Waals surface area contributed by atoms with Crippen LogP contribution in [0.1, 0.15) is 21.7 Å². The molecule has 0 atom stereocenters. The largest absolute Gasteiger partial charge is 0.476 e. The molecule has 0 fully saturated rings. The molecule has 0 aliphatic heterocycles. The van der Waals surface area contributed by atoms with Gasteiger partial charge in [0.2, 0.25) is 5.69 Å². The molecule has 2 rings (SSSR count). The van der Waals surface area contributed by atoms with E-state index in [4.69, 9.17) is 5.11 Å². The van der Waals surface area contributed by atoms with E-state index < -0.39 is 22.3 Å². The highest BCUT2D eigenvalue weighted by Gasteiger charge is 2.25. The summed E-state index contributed by atoms with van der Waals surface area (Å²) < 4.78 is 1.21. The standard InChI is InChI=1S/C11H10N4O4/c1-7-3-2-4-12-8(7)5-14-6-9(15(18)19)10(13-14)11(16)17/h2-4,6H,5H2,1H3,(H,16,17). The Morgan fingerprint density at radius 2 is 2.32 bits per heavy atom. The molecular weight excluding hydrogens is 252 g/mol. The fourth-order valence-electron chi connectivity index (χ4n) is 1.62. The topological polar surface area (TPSA) is 111 Å². The van der Waals surface area contributed by atoms with Crippen LogP contribution >= 0.6 is 0 Å². The third-order valence-corrected chi connectivity index (χ3v) is 2.57. The molecular formula is C11H10N4O4. The van der Waals surface area contributed by atoms with Crippen molar-refractivity contribution in [2.75, 3.05) is 0 Å². The molecule has 0 spiro atoms. The first-order chi connectivity index (χ1) is 8.99. The van der Waals surface area contributed by atoms with Gasteiger partial charge in [0.15, 0.2) is 0 Å². The second kappa shape index (κ2) is 4.84. The summed E-state index contributed by atoms with van der Waals surface area (Å²) >= 11 is 0. The number of hydrogen-bond donors (Lipinski definition) is 1. The van der Waals surface area contributed by atoms with E-state index in [2.05, 4.69) is 10.1 Å². The summed E-state index contributed by atoms with van der Waals surface area (Å²) in [6.45, 7) is 2.03. The number of rotatable bonds is 4. The van der Waals surface area contributed by atoms with Crippen molar-refractivity contribution in [2.45, 2.75) is 13.5 Å². The van der Waals surface area contributed by atoms with Crippen molar-refractivity contribution in [3.63, 3.8) is 0 Å². The first-order valence-corrected chi connectivity index (χ1v) is 5.34. The van der Waals surface area contributed by atoms with Crippen LogP contribution in [0.5, 0.6) is 0 Å². The van der Waals surface area contributed by atoms with Crippen molar-refractivity contribution in [2.24, 2.45) is 0 Å². The fraction of sp³-hybridized carbons (Fsp3) is 0.182. The van der Waals surface area contributed by atoms with Gasteiger partial charge < -0.3 is 5.11 Å². The Hall–Kier alpha value is -2.77.